The third kappa shape index (κ3) is 4.92. The second-order valence-corrected chi connectivity index (χ2v) is 5.84. The van der Waals surface area contributed by atoms with E-state index in [1.54, 1.807) is 12.1 Å². The summed E-state index contributed by atoms with van der Waals surface area (Å²) in [7, 11) is 0. The van der Waals surface area contributed by atoms with Crippen LogP contribution in [0.5, 0.6) is 0 Å². The number of benzene rings is 1. The molecule has 1 heterocycles. The average molecular weight is 264 g/mol. The lowest BCUT2D eigenvalue weighted by Crippen LogP contribution is -2.48. The molecule has 3 heteroatoms. The van der Waals surface area contributed by atoms with Gasteiger partial charge >= 0.3 is 0 Å². The largest absolute Gasteiger partial charge is 0.311 e. The van der Waals surface area contributed by atoms with Crippen LogP contribution in [0.3, 0.4) is 0 Å². The number of nitrogens with one attached hydrogen (secondary N) is 1. The molecule has 106 valence electrons. The maximum absolute atomic E-state index is 12.8. The second-order valence-electron chi connectivity index (χ2n) is 5.84. The molecule has 2 nitrogen and oxygen atoms in total. The molecule has 1 aliphatic heterocycles. The first-order chi connectivity index (χ1) is 9.13. The zero-order chi connectivity index (χ0) is 13.7. The maximum atomic E-state index is 12.8. The number of rotatable bonds is 5. The number of likely N-dealkylation sites (tertiary alicyclic amines) is 1. The molecule has 1 fully saturated rings. The van der Waals surface area contributed by atoms with E-state index in [9.17, 15) is 4.39 Å². The Bertz CT molecular complexity index is 375. The first kappa shape index (κ1) is 14.5. The van der Waals surface area contributed by atoms with Crippen LogP contribution >= 0.6 is 0 Å². The van der Waals surface area contributed by atoms with Crippen LogP contribution in [0.15, 0.2) is 24.3 Å². The van der Waals surface area contributed by atoms with Crippen molar-refractivity contribution in [3.05, 3.63) is 35.6 Å². The summed E-state index contributed by atoms with van der Waals surface area (Å²) in [6, 6.07) is 8.07. The second kappa shape index (κ2) is 7.01. The van der Waals surface area contributed by atoms with Gasteiger partial charge in [-0.2, -0.15) is 0 Å². The highest BCUT2D eigenvalue weighted by molar-refractivity contribution is 5.16. The number of hydrogen-bond donors (Lipinski definition) is 1. The fourth-order valence-corrected chi connectivity index (χ4v) is 2.80. The third-order valence-corrected chi connectivity index (χ3v) is 3.70. The van der Waals surface area contributed by atoms with Gasteiger partial charge in [0.15, 0.2) is 0 Å². The van der Waals surface area contributed by atoms with Gasteiger partial charge in [0.2, 0.25) is 0 Å². The van der Waals surface area contributed by atoms with E-state index >= 15 is 0 Å². The zero-order valence-corrected chi connectivity index (χ0v) is 12.0. The third-order valence-electron chi connectivity index (χ3n) is 3.70. The molecule has 1 saturated heterocycles. The molecule has 1 N–H and O–H groups in total. The van der Waals surface area contributed by atoms with E-state index in [4.69, 9.17) is 0 Å². The van der Waals surface area contributed by atoms with Crippen LogP contribution in [0.4, 0.5) is 4.39 Å². The molecule has 0 amide bonds. The molecular formula is C16H25FN2. The van der Waals surface area contributed by atoms with Crippen LogP contribution in [0.2, 0.25) is 0 Å². The molecule has 1 unspecified atom stereocenters. The summed E-state index contributed by atoms with van der Waals surface area (Å²) in [5, 5.41) is 3.63. The van der Waals surface area contributed by atoms with E-state index in [1.807, 2.05) is 12.1 Å². The average Bonchev–Trinajstić information content (AvgIpc) is 2.38. The van der Waals surface area contributed by atoms with Gasteiger partial charge in [-0.3, -0.25) is 0 Å². The van der Waals surface area contributed by atoms with Crippen LogP contribution in [-0.4, -0.2) is 36.6 Å². The normalized spacial score (nSPS) is 20.9. The van der Waals surface area contributed by atoms with Crippen LogP contribution in [-0.2, 0) is 6.42 Å². The van der Waals surface area contributed by atoms with Crippen molar-refractivity contribution < 1.29 is 4.39 Å². The Morgan fingerprint density at radius 1 is 1.32 bits per heavy atom. The van der Waals surface area contributed by atoms with Gasteiger partial charge in [-0.15, -0.1) is 0 Å². The quantitative estimate of drug-likeness (QED) is 0.880. The van der Waals surface area contributed by atoms with Crippen molar-refractivity contribution in [2.75, 3.05) is 19.6 Å². The van der Waals surface area contributed by atoms with E-state index < -0.39 is 0 Å². The molecular weight excluding hydrogens is 239 g/mol. The molecule has 1 aromatic carbocycles. The topological polar surface area (TPSA) is 15.3 Å². The summed E-state index contributed by atoms with van der Waals surface area (Å²) in [4.78, 5) is 2.52. The van der Waals surface area contributed by atoms with Crippen LogP contribution in [0.1, 0.15) is 32.3 Å². The smallest absolute Gasteiger partial charge is 0.123 e. The Hall–Kier alpha value is -0.930. The molecule has 0 bridgehead atoms. The summed E-state index contributed by atoms with van der Waals surface area (Å²) in [6.45, 7) is 7.81. The van der Waals surface area contributed by atoms with Gasteiger partial charge in [0.05, 0.1) is 0 Å². The van der Waals surface area contributed by atoms with E-state index in [1.165, 1.54) is 24.9 Å². The van der Waals surface area contributed by atoms with Crippen molar-refractivity contribution in [2.45, 2.75) is 45.2 Å². The lowest BCUT2D eigenvalue weighted by atomic mass is 10.0. The van der Waals surface area contributed by atoms with Crippen LogP contribution in [0, 0.1) is 5.82 Å². The number of nitrogens with zero attached hydrogens (tertiary/aromatic N) is 1. The van der Waals surface area contributed by atoms with Crippen molar-refractivity contribution >= 4 is 0 Å². The highest BCUT2D eigenvalue weighted by Crippen LogP contribution is 2.12. The van der Waals surface area contributed by atoms with Crippen molar-refractivity contribution in [1.82, 2.24) is 10.2 Å². The molecule has 1 atom stereocenters. The Morgan fingerprint density at radius 3 is 2.74 bits per heavy atom. The van der Waals surface area contributed by atoms with E-state index in [0.29, 0.717) is 12.1 Å². The van der Waals surface area contributed by atoms with Crippen molar-refractivity contribution in [2.24, 2.45) is 0 Å². The molecule has 2 rings (SSSR count). The Balaban J connectivity index is 1.77. The van der Waals surface area contributed by atoms with Gasteiger partial charge < -0.3 is 10.2 Å². The van der Waals surface area contributed by atoms with Crippen LogP contribution < -0.4 is 5.32 Å². The number of hydrogen-bond acceptors (Lipinski definition) is 2. The number of halogens is 1. The maximum Gasteiger partial charge on any atom is 0.123 e. The monoisotopic (exact) mass is 264 g/mol. The Kier molecular flexibility index (Phi) is 5.34. The zero-order valence-electron chi connectivity index (χ0n) is 12.0. The molecule has 0 spiro atoms. The minimum absolute atomic E-state index is 0.150. The minimum Gasteiger partial charge on any atom is -0.311 e. The lowest BCUT2D eigenvalue weighted by molar-refractivity contribution is 0.187. The molecule has 1 aromatic rings. The molecule has 0 aliphatic carbocycles. The molecule has 19 heavy (non-hydrogen) atoms. The van der Waals surface area contributed by atoms with E-state index in [0.717, 1.165) is 19.5 Å². The predicted molar refractivity (Wildman–Crippen MR) is 77.8 cm³/mol. The van der Waals surface area contributed by atoms with Gasteiger partial charge in [0.1, 0.15) is 5.82 Å². The summed E-state index contributed by atoms with van der Waals surface area (Å²) in [6.07, 6.45) is 3.56. The van der Waals surface area contributed by atoms with Gasteiger partial charge in [0.25, 0.3) is 0 Å². The fraction of sp³-hybridized carbons (Fsp3) is 0.625. The predicted octanol–water partition coefficient (Wildman–Crippen LogP) is 2.83. The fourth-order valence-electron chi connectivity index (χ4n) is 2.80. The van der Waals surface area contributed by atoms with Gasteiger partial charge in [-0.05, 0) is 43.5 Å². The van der Waals surface area contributed by atoms with E-state index in [2.05, 4.69) is 24.1 Å². The van der Waals surface area contributed by atoms with Gasteiger partial charge in [-0.1, -0.05) is 26.0 Å². The summed E-state index contributed by atoms with van der Waals surface area (Å²) >= 11 is 0. The Morgan fingerprint density at radius 2 is 2.05 bits per heavy atom. The van der Waals surface area contributed by atoms with Gasteiger partial charge in [0, 0.05) is 25.2 Å². The number of piperidine rings is 1. The minimum atomic E-state index is -0.150. The van der Waals surface area contributed by atoms with Crippen molar-refractivity contribution in [3.8, 4) is 0 Å². The Labute approximate surface area is 116 Å². The lowest BCUT2D eigenvalue weighted by Gasteiger charge is -2.34. The van der Waals surface area contributed by atoms with E-state index in [-0.39, 0.29) is 5.82 Å². The summed E-state index contributed by atoms with van der Waals surface area (Å²) < 4.78 is 12.8. The standard InChI is InChI=1S/C16H25FN2/c1-13(2)18-16-4-3-10-19(12-16)11-9-14-5-7-15(17)8-6-14/h5-8,13,16,18H,3-4,9-12H2,1-2H3. The van der Waals surface area contributed by atoms with Crippen molar-refractivity contribution in [1.29, 1.82) is 0 Å². The highest BCUT2D eigenvalue weighted by atomic mass is 19.1. The molecule has 0 aromatic heterocycles. The summed E-state index contributed by atoms with van der Waals surface area (Å²) in [5.41, 5.74) is 1.22. The SMILES string of the molecule is CC(C)NC1CCCN(CCc2ccc(F)cc2)C1. The van der Waals surface area contributed by atoms with Crippen molar-refractivity contribution in [3.63, 3.8) is 0 Å². The first-order valence-electron chi connectivity index (χ1n) is 7.36. The summed E-state index contributed by atoms with van der Waals surface area (Å²) in [5.74, 6) is -0.150. The molecule has 0 radical (unpaired) electrons. The first-order valence-corrected chi connectivity index (χ1v) is 7.36. The van der Waals surface area contributed by atoms with Gasteiger partial charge in [-0.25, -0.2) is 4.39 Å². The molecule has 0 saturated carbocycles. The highest BCUT2D eigenvalue weighted by Gasteiger charge is 2.19. The molecule has 1 aliphatic rings. The van der Waals surface area contributed by atoms with Crippen LogP contribution in [0.25, 0.3) is 0 Å².